The smallest absolute Gasteiger partial charge is 0.312 e. The first-order chi connectivity index (χ1) is 14.3. The van der Waals surface area contributed by atoms with Gasteiger partial charge in [-0.1, -0.05) is 31.0 Å². The van der Waals surface area contributed by atoms with Crippen LogP contribution in [0.25, 0.3) is 0 Å². The minimum atomic E-state index is -1.28. The number of hydrogen-bond donors (Lipinski definition) is 0. The number of unbranched alkanes of at least 4 members (excludes halogenated alkanes) is 1. The quantitative estimate of drug-likeness (QED) is 0.692. The standard InChI is InChI=1S/C23H30N2O5/c1-5-7-10-24-12-18(26)25-20-15-11-14(3)8-9-17(15)30-13-16(20)19(21(27)29-6-2)23(25,4)22(24)28/h8-9,11,16,19-20H,5-7,10,12-13H2,1-4H3/t16?,19?,20?,23-/m1/s1. The summed E-state index contributed by atoms with van der Waals surface area (Å²) in [5.41, 5.74) is 0.631. The van der Waals surface area contributed by atoms with Crippen molar-refractivity contribution in [1.29, 1.82) is 0 Å². The summed E-state index contributed by atoms with van der Waals surface area (Å²) in [6, 6.07) is 5.49. The predicted molar refractivity (Wildman–Crippen MR) is 110 cm³/mol. The molecule has 0 saturated carbocycles. The van der Waals surface area contributed by atoms with Gasteiger partial charge in [0.15, 0.2) is 0 Å². The van der Waals surface area contributed by atoms with Crippen molar-refractivity contribution in [2.24, 2.45) is 11.8 Å². The second kappa shape index (κ2) is 7.60. The van der Waals surface area contributed by atoms with E-state index in [4.69, 9.17) is 9.47 Å². The molecule has 3 heterocycles. The van der Waals surface area contributed by atoms with E-state index in [0.29, 0.717) is 12.3 Å². The minimum absolute atomic E-state index is 0.0508. The third-order valence-corrected chi connectivity index (χ3v) is 6.77. The van der Waals surface area contributed by atoms with Gasteiger partial charge in [-0.3, -0.25) is 14.4 Å². The van der Waals surface area contributed by atoms with Gasteiger partial charge in [-0.25, -0.2) is 0 Å². The fourth-order valence-electron chi connectivity index (χ4n) is 5.45. The number of rotatable bonds is 5. The van der Waals surface area contributed by atoms with Gasteiger partial charge in [0.1, 0.15) is 11.3 Å². The van der Waals surface area contributed by atoms with E-state index in [1.54, 1.807) is 23.6 Å². The third-order valence-electron chi connectivity index (χ3n) is 6.77. The maximum absolute atomic E-state index is 13.7. The van der Waals surface area contributed by atoms with Gasteiger partial charge in [0.05, 0.1) is 31.7 Å². The lowest BCUT2D eigenvalue weighted by Crippen LogP contribution is -2.67. The topological polar surface area (TPSA) is 76.2 Å². The van der Waals surface area contributed by atoms with Crippen LogP contribution in [0.1, 0.15) is 50.8 Å². The van der Waals surface area contributed by atoms with E-state index in [-0.39, 0.29) is 43.5 Å². The monoisotopic (exact) mass is 414 g/mol. The summed E-state index contributed by atoms with van der Waals surface area (Å²) in [4.78, 5) is 43.5. The second-order valence-electron chi connectivity index (χ2n) is 8.68. The van der Waals surface area contributed by atoms with Gasteiger partial charge < -0.3 is 19.3 Å². The first-order valence-corrected chi connectivity index (χ1v) is 10.9. The highest BCUT2D eigenvalue weighted by atomic mass is 16.5. The van der Waals surface area contributed by atoms with Crippen LogP contribution in [0, 0.1) is 18.8 Å². The van der Waals surface area contributed by atoms with Crippen molar-refractivity contribution in [3.8, 4) is 5.75 Å². The van der Waals surface area contributed by atoms with Crippen LogP contribution < -0.4 is 4.74 Å². The van der Waals surface area contributed by atoms with Crippen molar-refractivity contribution >= 4 is 17.8 Å². The molecule has 4 rings (SSSR count). The van der Waals surface area contributed by atoms with E-state index in [2.05, 4.69) is 0 Å². The van der Waals surface area contributed by atoms with Crippen LogP contribution in [0.4, 0.5) is 0 Å². The Labute approximate surface area is 177 Å². The SMILES string of the molecule is CCCCN1CC(=O)N2C3c4cc(C)ccc4OCC3C(C(=O)OCC)[C@]2(C)C1=O. The molecule has 0 N–H and O–H groups in total. The molecule has 2 fully saturated rings. The molecule has 30 heavy (non-hydrogen) atoms. The first kappa shape index (κ1) is 20.7. The molecule has 0 radical (unpaired) electrons. The van der Waals surface area contributed by atoms with Gasteiger partial charge in [0.25, 0.3) is 0 Å². The number of nitrogens with zero attached hydrogens (tertiary/aromatic N) is 2. The van der Waals surface area contributed by atoms with Gasteiger partial charge >= 0.3 is 5.97 Å². The van der Waals surface area contributed by atoms with Crippen LogP contribution in [0.5, 0.6) is 5.75 Å². The lowest BCUT2D eigenvalue weighted by Gasteiger charge is -2.47. The summed E-state index contributed by atoms with van der Waals surface area (Å²) in [5, 5.41) is 0. The molecule has 3 aliphatic heterocycles. The summed E-state index contributed by atoms with van der Waals surface area (Å²) in [5.74, 6) is -1.11. The summed E-state index contributed by atoms with van der Waals surface area (Å²) < 4.78 is 11.4. The minimum Gasteiger partial charge on any atom is -0.493 e. The number of ether oxygens (including phenoxy) is 2. The van der Waals surface area contributed by atoms with E-state index < -0.39 is 17.4 Å². The molecule has 1 aromatic carbocycles. The van der Waals surface area contributed by atoms with Crippen LogP contribution in [-0.2, 0) is 19.1 Å². The average Bonchev–Trinajstić information content (AvgIpc) is 3.00. The van der Waals surface area contributed by atoms with Gasteiger partial charge in [-0.05, 0) is 33.3 Å². The van der Waals surface area contributed by atoms with Crippen LogP contribution in [0.15, 0.2) is 18.2 Å². The van der Waals surface area contributed by atoms with Gasteiger partial charge in [-0.2, -0.15) is 0 Å². The highest BCUT2D eigenvalue weighted by Gasteiger charge is 2.68. The number of carbonyl (C=O) groups is 3. The molecule has 3 aliphatic rings. The Morgan fingerprint density at radius 1 is 1.30 bits per heavy atom. The van der Waals surface area contributed by atoms with E-state index in [1.165, 1.54) is 0 Å². The Hall–Kier alpha value is -2.57. The van der Waals surface area contributed by atoms with Crippen molar-refractivity contribution < 1.29 is 23.9 Å². The normalized spacial score (nSPS) is 29.8. The summed E-state index contributed by atoms with van der Waals surface area (Å²) >= 11 is 0. The highest BCUT2D eigenvalue weighted by molar-refractivity contribution is 6.02. The van der Waals surface area contributed by atoms with E-state index in [0.717, 1.165) is 24.0 Å². The molecule has 2 saturated heterocycles. The lowest BCUT2D eigenvalue weighted by molar-refractivity contribution is -0.170. The molecular formula is C23H30N2O5. The Morgan fingerprint density at radius 3 is 2.77 bits per heavy atom. The van der Waals surface area contributed by atoms with Crippen LogP contribution in [0.3, 0.4) is 0 Å². The summed E-state index contributed by atoms with van der Waals surface area (Å²) in [7, 11) is 0. The van der Waals surface area contributed by atoms with Crippen molar-refractivity contribution in [3.05, 3.63) is 29.3 Å². The highest BCUT2D eigenvalue weighted by Crippen LogP contribution is 2.56. The average molecular weight is 415 g/mol. The van der Waals surface area contributed by atoms with Crippen molar-refractivity contribution in [1.82, 2.24) is 9.80 Å². The van der Waals surface area contributed by atoms with Gasteiger partial charge in [-0.15, -0.1) is 0 Å². The number of piperazine rings is 1. The number of fused-ring (bicyclic) bond motifs is 5. The summed E-state index contributed by atoms with van der Waals surface area (Å²) in [6.45, 7) is 8.58. The molecule has 2 amide bonds. The van der Waals surface area contributed by atoms with E-state index >= 15 is 0 Å². The Balaban J connectivity index is 1.85. The fourth-order valence-corrected chi connectivity index (χ4v) is 5.45. The molecule has 0 aliphatic carbocycles. The van der Waals surface area contributed by atoms with Crippen molar-refractivity contribution in [2.75, 3.05) is 26.3 Å². The molecule has 0 spiro atoms. The van der Waals surface area contributed by atoms with E-state index in [9.17, 15) is 14.4 Å². The lowest BCUT2D eigenvalue weighted by atomic mass is 9.77. The Kier molecular flexibility index (Phi) is 5.24. The maximum Gasteiger partial charge on any atom is 0.312 e. The predicted octanol–water partition coefficient (Wildman–Crippen LogP) is 2.47. The number of benzene rings is 1. The third kappa shape index (κ3) is 2.89. The number of esters is 1. The molecule has 1 aromatic rings. The number of hydrogen-bond acceptors (Lipinski definition) is 5. The molecular weight excluding hydrogens is 384 g/mol. The first-order valence-electron chi connectivity index (χ1n) is 10.9. The molecule has 4 atom stereocenters. The Bertz CT molecular complexity index is 884. The maximum atomic E-state index is 13.7. The molecule has 3 unspecified atom stereocenters. The molecule has 7 heteroatoms. The largest absolute Gasteiger partial charge is 0.493 e. The number of carbonyl (C=O) groups excluding carboxylic acids is 3. The summed E-state index contributed by atoms with van der Waals surface area (Å²) in [6.07, 6.45) is 1.74. The second-order valence-corrected chi connectivity index (χ2v) is 8.68. The van der Waals surface area contributed by atoms with Gasteiger partial charge in [0.2, 0.25) is 11.8 Å². The molecule has 0 aromatic heterocycles. The molecule has 0 bridgehead atoms. The zero-order valence-corrected chi connectivity index (χ0v) is 18.1. The van der Waals surface area contributed by atoms with Crippen molar-refractivity contribution in [3.63, 3.8) is 0 Å². The molecule has 7 nitrogen and oxygen atoms in total. The van der Waals surface area contributed by atoms with E-state index in [1.807, 2.05) is 32.0 Å². The Morgan fingerprint density at radius 2 is 2.07 bits per heavy atom. The number of amides is 2. The van der Waals surface area contributed by atoms with Crippen LogP contribution in [0.2, 0.25) is 0 Å². The zero-order chi connectivity index (χ0) is 21.6. The van der Waals surface area contributed by atoms with Crippen LogP contribution >= 0.6 is 0 Å². The number of aryl methyl sites for hydroxylation is 1. The zero-order valence-electron chi connectivity index (χ0n) is 18.1. The molecule has 162 valence electrons. The van der Waals surface area contributed by atoms with Crippen LogP contribution in [-0.4, -0.2) is 59.4 Å². The fraction of sp³-hybridized carbons (Fsp3) is 0.609. The van der Waals surface area contributed by atoms with Gasteiger partial charge in [0, 0.05) is 18.0 Å². The van der Waals surface area contributed by atoms with Crippen molar-refractivity contribution in [2.45, 2.75) is 52.1 Å².